The molecular weight excluding hydrogens is 555 g/mol. The zero-order valence-corrected chi connectivity index (χ0v) is 24.8. The smallest absolute Gasteiger partial charge is 0.327 e. The van der Waals surface area contributed by atoms with Crippen LogP contribution in [-0.2, 0) is 0 Å². The standard InChI is InChI=1S/C31H35FN6O5/c1-20(29-34-25-9-7-6-8-24(25)30(39)38(29)36-16-14-35(2)15-17-36)37(31(40)33-22-12-10-21(32)11-13-22)28-26(42-4)18-23(41-3)19-27(28)43-5/h6-13,18-20H,14-17H2,1-5H3,(H,33,40). The molecule has 226 valence electrons. The number of aromatic nitrogens is 2. The summed E-state index contributed by atoms with van der Waals surface area (Å²) < 4.78 is 32.1. The lowest BCUT2D eigenvalue weighted by molar-refractivity contribution is 0.253. The van der Waals surface area contributed by atoms with Crippen LogP contribution in [0.5, 0.6) is 17.2 Å². The van der Waals surface area contributed by atoms with E-state index < -0.39 is 17.9 Å². The molecule has 1 aromatic heterocycles. The topological polar surface area (TPSA) is 101 Å². The summed E-state index contributed by atoms with van der Waals surface area (Å²) in [6.45, 7) is 4.47. The quantitative estimate of drug-likeness (QED) is 0.325. The lowest BCUT2D eigenvalue weighted by atomic mass is 10.1. The first-order chi connectivity index (χ1) is 20.7. The summed E-state index contributed by atoms with van der Waals surface area (Å²) in [5.74, 6) is 0.973. The normalized spacial score (nSPS) is 14.3. The molecule has 4 aromatic rings. The van der Waals surface area contributed by atoms with Gasteiger partial charge in [-0.15, -0.1) is 0 Å². The number of carbonyl (C=O) groups excluding carboxylic acids is 1. The van der Waals surface area contributed by atoms with Crippen LogP contribution >= 0.6 is 0 Å². The van der Waals surface area contributed by atoms with Crippen LogP contribution in [0.4, 0.5) is 20.6 Å². The van der Waals surface area contributed by atoms with Crippen molar-refractivity contribution in [3.8, 4) is 17.2 Å². The fourth-order valence-corrected chi connectivity index (χ4v) is 5.21. The van der Waals surface area contributed by atoms with E-state index in [9.17, 15) is 14.0 Å². The molecule has 1 N–H and O–H groups in total. The van der Waals surface area contributed by atoms with E-state index >= 15 is 0 Å². The third-order valence-electron chi connectivity index (χ3n) is 7.55. The molecular formula is C31H35FN6O5. The molecule has 1 fully saturated rings. The summed E-state index contributed by atoms with van der Waals surface area (Å²) in [6, 6.07) is 14.5. The van der Waals surface area contributed by atoms with E-state index in [4.69, 9.17) is 19.2 Å². The Morgan fingerprint density at radius 1 is 0.953 bits per heavy atom. The van der Waals surface area contributed by atoms with Gasteiger partial charge in [0.15, 0.2) is 5.82 Å². The highest BCUT2D eigenvalue weighted by Crippen LogP contribution is 2.45. The van der Waals surface area contributed by atoms with E-state index in [1.54, 1.807) is 41.9 Å². The van der Waals surface area contributed by atoms with E-state index in [2.05, 4.69) is 10.2 Å². The van der Waals surface area contributed by atoms with Crippen molar-refractivity contribution < 1.29 is 23.4 Å². The van der Waals surface area contributed by atoms with Gasteiger partial charge in [-0.25, -0.2) is 18.8 Å². The number of urea groups is 1. The van der Waals surface area contributed by atoms with Crippen molar-refractivity contribution in [3.05, 3.63) is 82.7 Å². The Morgan fingerprint density at radius 2 is 1.58 bits per heavy atom. The summed E-state index contributed by atoms with van der Waals surface area (Å²) in [4.78, 5) is 36.9. The molecule has 0 spiro atoms. The van der Waals surface area contributed by atoms with Crippen LogP contribution in [-0.4, -0.2) is 75.1 Å². The monoisotopic (exact) mass is 590 g/mol. The van der Waals surface area contributed by atoms with Gasteiger partial charge in [-0.2, -0.15) is 0 Å². The summed E-state index contributed by atoms with van der Waals surface area (Å²) in [7, 11) is 6.51. The molecule has 0 aliphatic carbocycles. The number of hydrogen-bond acceptors (Lipinski definition) is 8. The Kier molecular flexibility index (Phi) is 8.67. The van der Waals surface area contributed by atoms with Crippen LogP contribution in [0, 0.1) is 5.82 Å². The number of piperazine rings is 1. The summed E-state index contributed by atoms with van der Waals surface area (Å²) >= 11 is 0. The third kappa shape index (κ3) is 5.91. The highest BCUT2D eigenvalue weighted by molar-refractivity contribution is 6.04. The largest absolute Gasteiger partial charge is 0.496 e. The predicted octanol–water partition coefficient (Wildman–Crippen LogP) is 4.24. The van der Waals surface area contributed by atoms with E-state index in [1.807, 2.05) is 18.1 Å². The van der Waals surface area contributed by atoms with Crippen LogP contribution in [0.25, 0.3) is 10.9 Å². The van der Waals surface area contributed by atoms with E-state index in [1.165, 1.54) is 50.5 Å². The average molecular weight is 591 g/mol. The molecule has 2 heterocycles. The molecule has 1 atom stereocenters. The minimum atomic E-state index is -0.825. The Labute approximate surface area is 249 Å². The average Bonchev–Trinajstić information content (AvgIpc) is 3.02. The molecule has 11 nitrogen and oxygen atoms in total. The Balaban J connectivity index is 1.72. The number of ether oxygens (including phenoxy) is 3. The number of fused-ring (bicyclic) bond motifs is 1. The van der Waals surface area contributed by atoms with Crippen molar-refractivity contribution in [1.82, 2.24) is 14.6 Å². The Bertz CT molecular complexity index is 1650. The van der Waals surface area contributed by atoms with Gasteiger partial charge in [0.1, 0.15) is 28.8 Å². The molecule has 0 radical (unpaired) electrons. The van der Waals surface area contributed by atoms with E-state index in [0.717, 1.165) is 13.1 Å². The SMILES string of the molecule is COc1cc(OC)c(N(C(=O)Nc2ccc(F)cc2)C(C)c2nc3ccccc3c(=O)n2N2CCN(C)CC2)c(OC)c1. The first-order valence-corrected chi connectivity index (χ1v) is 13.9. The number of likely N-dealkylation sites (N-methyl/N-ethyl adjacent to an activating group) is 1. The summed E-state index contributed by atoms with van der Waals surface area (Å²) in [5, 5.41) is 5.28. The van der Waals surface area contributed by atoms with Gasteiger partial charge < -0.3 is 29.4 Å². The molecule has 0 bridgehead atoms. The van der Waals surface area contributed by atoms with Crippen molar-refractivity contribution in [1.29, 1.82) is 0 Å². The van der Waals surface area contributed by atoms with Gasteiger partial charge in [0, 0.05) is 44.0 Å². The Hall–Kier alpha value is -4.84. The van der Waals surface area contributed by atoms with Gasteiger partial charge in [-0.1, -0.05) is 12.1 Å². The number of hydrogen-bond donors (Lipinski definition) is 1. The second-order valence-corrected chi connectivity index (χ2v) is 10.2. The molecule has 3 aromatic carbocycles. The Morgan fingerprint density at radius 3 is 2.19 bits per heavy atom. The minimum absolute atomic E-state index is 0.232. The maximum absolute atomic E-state index is 14.2. The number of carbonyl (C=O) groups is 1. The van der Waals surface area contributed by atoms with Gasteiger partial charge >= 0.3 is 6.03 Å². The first kappa shape index (κ1) is 29.6. The van der Waals surface area contributed by atoms with Gasteiger partial charge in [0.05, 0.1) is 38.3 Å². The van der Waals surface area contributed by atoms with Gasteiger partial charge in [0.2, 0.25) is 0 Å². The molecule has 1 aliphatic heterocycles. The lowest BCUT2D eigenvalue weighted by Crippen LogP contribution is -2.55. The number of anilines is 2. The van der Waals surface area contributed by atoms with E-state index in [-0.39, 0.29) is 5.56 Å². The molecule has 12 heteroatoms. The van der Waals surface area contributed by atoms with Crippen molar-refractivity contribution in [2.75, 3.05) is 69.8 Å². The zero-order valence-electron chi connectivity index (χ0n) is 24.8. The third-order valence-corrected chi connectivity index (χ3v) is 7.55. The van der Waals surface area contributed by atoms with Crippen LogP contribution in [0.3, 0.4) is 0 Å². The number of methoxy groups -OCH3 is 3. The summed E-state index contributed by atoms with van der Waals surface area (Å²) in [6.07, 6.45) is 0. The molecule has 1 aliphatic rings. The zero-order chi connectivity index (χ0) is 30.7. The molecule has 43 heavy (non-hydrogen) atoms. The fourth-order valence-electron chi connectivity index (χ4n) is 5.21. The number of para-hydroxylation sites is 1. The van der Waals surface area contributed by atoms with Crippen LogP contribution in [0.2, 0.25) is 0 Å². The van der Waals surface area contributed by atoms with E-state index in [0.29, 0.717) is 58.4 Å². The van der Waals surface area contributed by atoms with Gasteiger partial charge in [0.25, 0.3) is 5.56 Å². The molecule has 2 amide bonds. The number of nitrogens with zero attached hydrogens (tertiary/aromatic N) is 5. The number of halogens is 1. The fraction of sp³-hybridized carbons (Fsp3) is 0.323. The minimum Gasteiger partial charge on any atom is -0.496 e. The highest BCUT2D eigenvalue weighted by atomic mass is 19.1. The maximum Gasteiger partial charge on any atom is 0.327 e. The lowest BCUT2D eigenvalue weighted by Gasteiger charge is -2.38. The predicted molar refractivity (Wildman–Crippen MR) is 164 cm³/mol. The van der Waals surface area contributed by atoms with Gasteiger partial charge in [-0.05, 0) is 50.4 Å². The molecule has 1 saturated heterocycles. The number of rotatable bonds is 8. The van der Waals surface area contributed by atoms with Gasteiger partial charge in [-0.3, -0.25) is 9.69 Å². The number of nitrogens with one attached hydrogen (secondary N) is 1. The first-order valence-electron chi connectivity index (χ1n) is 13.9. The molecule has 1 unspecified atom stereocenters. The van der Waals surface area contributed by atoms with Crippen LogP contribution < -0.4 is 35.0 Å². The second kappa shape index (κ2) is 12.6. The van der Waals surface area contributed by atoms with Crippen LogP contribution in [0.15, 0.2) is 65.5 Å². The van der Waals surface area contributed by atoms with Crippen LogP contribution in [0.1, 0.15) is 18.8 Å². The van der Waals surface area contributed by atoms with Crippen molar-refractivity contribution in [3.63, 3.8) is 0 Å². The number of benzene rings is 3. The second-order valence-electron chi connectivity index (χ2n) is 10.2. The van der Waals surface area contributed by atoms with Crippen molar-refractivity contribution in [2.45, 2.75) is 13.0 Å². The molecule has 0 saturated carbocycles. The van der Waals surface area contributed by atoms with Crippen molar-refractivity contribution in [2.24, 2.45) is 0 Å². The van der Waals surface area contributed by atoms with Crippen molar-refractivity contribution >= 4 is 28.3 Å². The number of amides is 2. The maximum atomic E-state index is 14.2. The molecule has 5 rings (SSSR count). The summed E-state index contributed by atoms with van der Waals surface area (Å²) in [5.41, 5.74) is 0.944. The highest BCUT2D eigenvalue weighted by Gasteiger charge is 2.34.